The van der Waals surface area contributed by atoms with E-state index in [4.69, 9.17) is 0 Å². The second-order valence-electron chi connectivity index (χ2n) is 4.10. The van der Waals surface area contributed by atoms with Gasteiger partial charge in [0.15, 0.2) is 0 Å². The zero-order valence-corrected chi connectivity index (χ0v) is 10.1. The topological polar surface area (TPSA) is 37.0 Å². The van der Waals surface area contributed by atoms with Crippen LogP contribution in [-0.2, 0) is 6.54 Å². The Morgan fingerprint density at radius 1 is 1.53 bits per heavy atom. The highest BCUT2D eigenvalue weighted by Crippen LogP contribution is 2.12. The minimum atomic E-state index is 0.683. The van der Waals surface area contributed by atoms with E-state index in [9.17, 15) is 0 Å². The third-order valence-corrected chi connectivity index (χ3v) is 3.72. The number of hydrogen-bond acceptors (Lipinski definition) is 4. The van der Waals surface area contributed by atoms with Crippen LogP contribution in [0.4, 0.5) is 0 Å². The van der Waals surface area contributed by atoms with Crippen LogP contribution in [0.2, 0.25) is 0 Å². The lowest BCUT2D eigenvalue weighted by Gasteiger charge is -2.14. The van der Waals surface area contributed by atoms with Crippen LogP contribution in [0, 0.1) is 6.92 Å². The van der Waals surface area contributed by atoms with Gasteiger partial charge in [-0.25, -0.2) is 4.98 Å². The number of aromatic nitrogens is 1. The normalized spacial score (nSPS) is 22.6. The largest absolute Gasteiger partial charge is 0.317 e. The SMILES string of the molecule is Cc1ncc(CNC2CCCNCC2)s1. The van der Waals surface area contributed by atoms with Crippen molar-refractivity contribution in [2.45, 2.75) is 38.8 Å². The molecule has 4 heteroatoms. The standard InChI is InChI=1S/C11H19N3S/c1-9-13-7-11(15-9)8-14-10-3-2-5-12-6-4-10/h7,10,12,14H,2-6,8H2,1H3. The molecule has 2 rings (SSSR count). The maximum Gasteiger partial charge on any atom is 0.0897 e. The number of hydrogen-bond donors (Lipinski definition) is 2. The lowest BCUT2D eigenvalue weighted by molar-refractivity contribution is 0.470. The number of nitrogens with zero attached hydrogens (tertiary/aromatic N) is 1. The summed E-state index contributed by atoms with van der Waals surface area (Å²) < 4.78 is 0. The van der Waals surface area contributed by atoms with Crippen LogP contribution >= 0.6 is 11.3 Å². The lowest BCUT2D eigenvalue weighted by atomic mass is 10.1. The Balaban J connectivity index is 1.76. The first kappa shape index (κ1) is 11.0. The second kappa shape index (κ2) is 5.58. The lowest BCUT2D eigenvalue weighted by Crippen LogP contribution is -2.29. The van der Waals surface area contributed by atoms with Crippen molar-refractivity contribution in [3.05, 3.63) is 16.1 Å². The summed E-state index contributed by atoms with van der Waals surface area (Å²) in [5.74, 6) is 0. The van der Waals surface area contributed by atoms with Crippen molar-refractivity contribution < 1.29 is 0 Å². The van der Waals surface area contributed by atoms with Crippen LogP contribution < -0.4 is 10.6 Å². The molecule has 1 unspecified atom stereocenters. The Hall–Kier alpha value is -0.450. The highest BCUT2D eigenvalue weighted by Gasteiger charge is 2.11. The predicted octanol–water partition coefficient (Wildman–Crippen LogP) is 1.68. The van der Waals surface area contributed by atoms with E-state index in [-0.39, 0.29) is 0 Å². The highest BCUT2D eigenvalue weighted by molar-refractivity contribution is 7.11. The van der Waals surface area contributed by atoms with Gasteiger partial charge in [0.05, 0.1) is 5.01 Å². The van der Waals surface area contributed by atoms with Gasteiger partial charge >= 0.3 is 0 Å². The zero-order chi connectivity index (χ0) is 10.5. The van der Waals surface area contributed by atoms with Crippen LogP contribution in [0.15, 0.2) is 6.20 Å². The first-order chi connectivity index (χ1) is 7.34. The fourth-order valence-corrected chi connectivity index (χ4v) is 2.70. The summed E-state index contributed by atoms with van der Waals surface area (Å²) in [7, 11) is 0. The minimum Gasteiger partial charge on any atom is -0.317 e. The van der Waals surface area contributed by atoms with Gasteiger partial charge in [-0.3, -0.25) is 0 Å². The fourth-order valence-electron chi connectivity index (χ4n) is 1.96. The Morgan fingerprint density at radius 3 is 3.27 bits per heavy atom. The van der Waals surface area contributed by atoms with Crippen molar-refractivity contribution in [3.8, 4) is 0 Å². The van der Waals surface area contributed by atoms with E-state index in [0.29, 0.717) is 6.04 Å². The molecule has 2 N–H and O–H groups in total. The number of aryl methyl sites for hydroxylation is 1. The summed E-state index contributed by atoms with van der Waals surface area (Å²) >= 11 is 1.79. The molecule has 0 saturated carbocycles. The fraction of sp³-hybridized carbons (Fsp3) is 0.727. The van der Waals surface area contributed by atoms with E-state index >= 15 is 0 Å². The Bertz CT molecular complexity index is 290. The van der Waals surface area contributed by atoms with Crippen LogP contribution in [0.25, 0.3) is 0 Å². The Kier molecular flexibility index (Phi) is 4.11. The van der Waals surface area contributed by atoms with E-state index in [1.807, 2.05) is 6.20 Å². The third kappa shape index (κ3) is 3.55. The predicted molar refractivity (Wildman–Crippen MR) is 64.2 cm³/mol. The van der Waals surface area contributed by atoms with Gasteiger partial charge in [0, 0.05) is 23.7 Å². The average Bonchev–Trinajstić information content (AvgIpc) is 2.52. The maximum atomic E-state index is 4.27. The van der Waals surface area contributed by atoms with Crippen molar-refractivity contribution >= 4 is 11.3 Å². The summed E-state index contributed by atoms with van der Waals surface area (Å²) in [4.78, 5) is 5.62. The molecule has 0 spiro atoms. The van der Waals surface area contributed by atoms with E-state index in [0.717, 1.165) is 18.1 Å². The van der Waals surface area contributed by atoms with Crippen molar-refractivity contribution in [2.24, 2.45) is 0 Å². The number of nitrogens with one attached hydrogen (secondary N) is 2. The van der Waals surface area contributed by atoms with Gasteiger partial charge in [0.2, 0.25) is 0 Å². The van der Waals surface area contributed by atoms with Gasteiger partial charge in [-0.1, -0.05) is 0 Å². The molecule has 1 fully saturated rings. The zero-order valence-electron chi connectivity index (χ0n) is 9.25. The van der Waals surface area contributed by atoms with E-state index in [1.165, 1.54) is 30.7 Å². The molecule has 1 aromatic heterocycles. The molecule has 1 aliphatic rings. The van der Waals surface area contributed by atoms with Crippen LogP contribution in [0.5, 0.6) is 0 Å². The number of thiazole rings is 1. The van der Waals surface area contributed by atoms with Crippen LogP contribution in [-0.4, -0.2) is 24.1 Å². The quantitative estimate of drug-likeness (QED) is 0.822. The molecule has 3 nitrogen and oxygen atoms in total. The first-order valence-corrected chi connectivity index (χ1v) is 6.51. The molecule has 0 radical (unpaired) electrons. The van der Waals surface area contributed by atoms with Crippen LogP contribution in [0.1, 0.15) is 29.1 Å². The van der Waals surface area contributed by atoms with Gasteiger partial charge in [-0.05, 0) is 39.3 Å². The molecule has 2 heterocycles. The number of rotatable bonds is 3. The summed E-state index contributed by atoms with van der Waals surface area (Å²) in [6.07, 6.45) is 5.82. The van der Waals surface area contributed by atoms with Gasteiger partial charge in [-0.15, -0.1) is 11.3 Å². The van der Waals surface area contributed by atoms with Gasteiger partial charge in [-0.2, -0.15) is 0 Å². The minimum absolute atomic E-state index is 0.683. The van der Waals surface area contributed by atoms with Gasteiger partial charge < -0.3 is 10.6 Å². The summed E-state index contributed by atoms with van der Waals surface area (Å²) in [6.45, 7) is 5.37. The molecule has 1 aliphatic heterocycles. The van der Waals surface area contributed by atoms with E-state index in [2.05, 4.69) is 22.5 Å². The van der Waals surface area contributed by atoms with Gasteiger partial charge in [0.1, 0.15) is 0 Å². The van der Waals surface area contributed by atoms with Crippen molar-refractivity contribution in [1.82, 2.24) is 15.6 Å². The molecule has 1 atom stereocenters. The molecule has 84 valence electrons. The van der Waals surface area contributed by atoms with E-state index < -0.39 is 0 Å². The molecular formula is C11H19N3S. The summed E-state index contributed by atoms with van der Waals surface area (Å²) in [5, 5.41) is 8.21. The summed E-state index contributed by atoms with van der Waals surface area (Å²) in [6, 6.07) is 0.683. The van der Waals surface area contributed by atoms with Crippen molar-refractivity contribution in [2.75, 3.05) is 13.1 Å². The van der Waals surface area contributed by atoms with Gasteiger partial charge in [0.25, 0.3) is 0 Å². The molecule has 0 aliphatic carbocycles. The Labute approximate surface area is 95.3 Å². The van der Waals surface area contributed by atoms with Crippen molar-refractivity contribution in [3.63, 3.8) is 0 Å². The van der Waals surface area contributed by atoms with E-state index in [1.54, 1.807) is 11.3 Å². The molecule has 0 aromatic carbocycles. The summed E-state index contributed by atoms with van der Waals surface area (Å²) in [5.41, 5.74) is 0. The molecule has 15 heavy (non-hydrogen) atoms. The van der Waals surface area contributed by atoms with Crippen molar-refractivity contribution in [1.29, 1.82) is 0 Å². The Morgan fingerprint density at radius 2 is 2.47 bits per heavy atom. The molecule has 0 bridgehead atoms. The van der Waals surface area contributed by atoms with Crippen LogP contribution in [0.3, 0.4) is 0 Å². The second-order valence-corrected chi connectivity index (χ2v) is 5.42. The molecular weight excluding hydrogens is 206 g/mol. The highest BCUT2D eigenvalue weighted by atomic mass is 32.1. The molecule has 0 amide bonds. The molecule has 1 aromatic rings. The molecule has 1 saturated heterocycles. The smallest absolute Gasteiger partial charge is 0.0897 e. The third-order valence-electron chi connectivity index (χ3n) is 2.81. The average molecular weight is 225 g/mol. The maximum absolute atomic E-state index is 4.27. The monoisotopic (exact) mass is 225 g/mol. The first-order valence-electron chi connectivity index (χ1n) is 5.70.